The normalized spacial score (nSPS) is 19.1. The van der Waals surface area contributed by atoms with E-state index in [4.69, 9.17) is 0 Å². The van der Waals surface area contributed by atoms with Gasteiger partial charge in [-0.3, -0.25) is 0 Å². The SMILES string of the molecule is CCNC(C)CCCCSCC1CCCC1. The third-order valence-corrected chi connectivity index (χ3v) is 4.84. The van der Waals surface area contributed by atoms with Crippen LogP contribution in [0.15, 0.2) is 0 Å². The van der Waals surface area contributed by atoms with Gasteiger partial charge in [0.2, 0.25) is 0 Å². The van der Waals surface area contributed by atoms with Crippen LogP contribution in [0.25, 0.3) is 0 Å². The van der Waals surface area contributed by atoms with Crippen molar-refractivity contribution in [3.63, 3.8) is 0 Å². The topological polar surface area (TPSA) is 12.0 Å². The van der Waals surface area contributed by atoms with Gasteiger partial charge in [0.05, 0.1) is 0 Å². The van der Waals surface area contributed by atoms with Crippen molar-refractivity contribution < 1.29 is 0 Å². The Labute approximate surface area is 106 Å². The van der Waals surface area contributed by atoms with E-state index >= 15 is 0 Å². The van der Waals surface area contributed by atoms with Crippen LogP contribution >= 0.6 is 11.8 Å². The molecule has 0 aromatic heterocycles. The summed E-state index contributed by atoms with van der Waals surface area (Å²) in [5.41, 5.74) is 0. The van der Waals surface area contributed by atoms with Crippen molar-refractivity contribution >= 4 is 11.8 Å². The fraction of sp³-hybridized carbons (Fsp3) is 1.00. The first kappa shape index (κ1) is 14.4. The largest absolute Gasteiger partial charge is 0.315 e. The van der Waals surface area contributed by atoms with Crippen LogP contribution in [0.1, 0.15) is 58.8 Å². The number of nitrogens with one attached hydrogen (secondary N) is 1. The zero-order chi connectivity index (χ0) is 11.6. The highest BCUT2D eigenvalue weighted by Gasteiger charge is 2.14. The van der Waals surface area contributed by atoms with Crippen LogP contribution in [0.4, 0.5) is 0 Å². The fourth-order valence-corrected chi connectivity index (χ4v) is 3.77. The maximum atomic E-state index is 3.47. The van der Waals surface area contributed by atoms with Gasteiger partial charge >= 0.3 is 0 Å². The molecule has 0 aliphatic heterocycles. The standard InChI is InChI=1S/C14H29NS/c1-3-15-13(2)8-6-7-11-16-12-14-9-4-5-10-14/h13-15H,3-12H2,1-2H3. The van der Waals surface area contributed by atoms with Crippen LogP contribution in [-0.2, 0) is 0 Å². The molecule has 0 saturated heterocycles. The lowest BCUT2D eigenvalue weighted by Crippen LogP contribution is -2.25. The molecule has 1 nitrogen and oxygen atoms in total. The Bertz CT molecular complexity index is 155. The van der Waals surface area contributed by atoms with Crippen molar-refractivity contribution in [1.82, 2.24) is 5.32 Å². The second-order valence-corrected chi connectivity index (χ2v) is 6.33. The molecule has 96 valence electrons. The lowest BCUT2D eigenvalue weighted by atomic mass is 10.1. The Kier molecular flexibility index (Phi) is 8.40. The molecule has 16 heavy (non-hydrogen) atoms. The predicted octanol–water partition coefficient (Wildman–Crippen LogP) is 4.08. The molecule has 0 aromatic rings. The molecule has 0 heterocycles. The lowest BCUT2D eigenvalue weighted by molar-refractivity contribution is 0.510. The van der Waals surface area contributed by atoms with Crippen molar-refractivity contribution in [3.05, 3.63) is 0 Å². The summed E-state index contributed by atoms with van der Waals surface area (Å²) in [7, 11) is 0. The summed E-state index contributed by atoms with van der Waals surface area (Å²) in [6.07, 6.45) is 10.1. The van der Waals surface area contributed by atoms with Crippen LogP contribution in [0.2, 0.25) is 0 Å². The van der Waals surface area contributed by atoms with Crippen molar-refractivity contribution in [2.45, 2.75) is 64.8 Å². The molecule has 0 spiro atoms. The van der Waals surface area contributed by atoms with Gasteiger partial charge in [-0.25, -0.2) is 0 Å². The Morgan fingerprint density at radius 3 is 2.69 bits per heavy atom. The van der Waals surface area contributed by atoms with E-state index in [1.54, 1.807) is 0 Å². The molecule has 1 N–H and O–H groups in total. The smallest absolute Gasteiger partial charge is 0.00386 e. The van der Waals surface area contributed by atoms with Gasteiger partial charge < -0.3 is 5.32 Å². The minimum atomic E-state index is 0.713. The first-order valence-corrected chi connectivity index (χ1v) is 8.29. The first-order chi connectivity index (χ1) is 7.83. The molecule has 1 rings (SSSR count). The summed E-state index contributed by atoms with van der Waals surface area (Å²) in [5, 5.41) is 3.47. The van der Waals surface area contributed by atoms with E-state index in [0.717, 1.165) is 12.5 Å². The molecule has 1 aliphatic rings. The summed E-state index contributed by atoms with van der Waals surface area (Å²) in [6, 6.07) is 0.713. The Morgan fingerprint density at radius 1 is 1.25 bits per heavy atom. The summed E-state index contributed by atoms with van der Waals surface area (Å²) in [5.74, 6) is 3.88. The van der Waals surface area contributed by atoms with Crippen molar-refractivity contribution in [2.24, 2.45) is 5.92 Å². The number of unbranched alkanes of at least 4 members (excludes halogenated alkanes) is 1. The molecular weight excluding hydrogens is 214 g/mol. The van der Waals surface area contributed by atoms with Gasteiger partial charge in [-0.05, 0) is 56.6 Å². The molecule has 0 radical (unpaired) electrons. The van der Waals surface area contributed by atoms with E-state index in [0.29, 0.717) is 6.04 Å². The Balaban J connectivity index is 1.80. The van der Waals surface area contributed by atoms with Gasteiger partial charge in [-0.2, -0.15) is 11.8 Å². The maximum Gasteiger partial charge on any atom is 0.00386 e. The summed E-state index contributed by atoms with van der Waals surface area (Å²) in [4.78, 5) is 0. The van der Waals surface area contributed by atoms with Crippen molar-refractivity contribution in [3.8, 4) is 0 Å². The molecule has 0 amide bonds. The van der Waals surface area contributed by atoms with Gasteiger partial charge in [0.1, 0.15) is 0 Å². The third-order valence-electron chi connectivity index (χ3n) is 3.56. The lowest BCUT2D eigenvalue weighted by Gasteiger charge is -2.12. The van der Waals surface area contributed by atoms with Gasteiger partial charge in [-0.15, -0.1) is 0 Å². The molecule has 1 saturated carbocycles. The maximum absolute atomic E-state index is 3.47. The van der Waals surface area contributed by atoms with Crippen molar-refractivity contribution in [2.75, 3.05) is 18.1 Å². The van der Waals surface area contributed by atoms with Gasteiger partial charge in [0, 0.05) is 6.04 Å². The molecule has 1 unspecified atom stereocenters. The fourth-order valence-electron chi connectivity index (χ4n) is 2.53. The average Bonchev–Trinajstić information content (AvgIpc) is 2.76. The molecule has 2 heteroatoms. The van der Waals surface area contributed by atoms with E-state index in [1.807, 2.05) is 0 Å². The first-order valence-electron chi connectivity index (χ1n) is 7.14. The second-order valence-electron chi connectivity index (χ2n) is 5.18. The number of hydrogen-bond donors (Lipinski definition) is 1. The van der Waals surface area contributed by atoms with Crippen LogP contribution in [0.5, 0.6) is 0 Å². The number of hydrogen-bond acceptors (Lipinski definition) is 2. The molecule has 0 bridgehead atoms. The van der Waals surface area contributed by atoms with Crippen LogP contribution in [0.3, 0.4) is 0 Å². The minimum absolute atomic E-state index is 0.713. The number of rotatable bonds is 9. The quantitative estimate of drug-likeness (QED) is 0.612. The van der Waals surface area contributed by atoms with Crippen molar-refractivity contribution in [1.29, 1.82) is 0 Å². The predicted molar refractivity (Wildman–Crippen MR) is 76.3 cm³/mol. The summed E-state index contributed by atoms with van der Waals surface area (Å²) >= 11 is 2.20. The highest BCUT2D eigenvalue weighted by molar-refractivity contribution is 7.99. The number of thioether (sulfide) groups is 1. The third kappa shape index (κ3) is 6.80. The van der Waals surface area contributed by atoms with Gasteiger partial charge in [0.15, 0.2) is 0 Å². The summed E-state index contributed by atoms with van der Waals surface area (Å²) in [6.45, 7) is 5.60. The van der Waals surface area contributed by atoms with E-state index in [9.17, 15) is 0 Å². The molecule has 0 aromatic carbocycles. The van der Waals surface area contributed by atoms with Gasteiger partial charge in [-0.1, -0.05) is 26.2 Å². The Morgan fingerprint density at radius 2 is 2.00 bits per heavy atom. The molecule has 1 atom stereocenters. The molecular formula is C14H29NS. The zero-order valence-corrected chi connectivity index (χ0v) is 12.0. The molecule has 1 fully saturated rings. The minimum Gasteiger partial charge on any atom is -0.315 e. The second kappa shape index (κ2) is 9.35. The van der Waals surface area contributed by atoms with Crippen LogP contribution in [-0.4, -0.2) is 24.1 Å². The van der Waals surface area contributed by atoms with E-state index in [-0.39, 0.29) is 0 Å². The van der Waals surface area contributed by atoms with E-state index in [1.165, 1.54) is 56.5 Å². The Hall–Kier alpha value is 0.310. The zero-order valence-electron chi connectivity index (χ0n) is 11.1. The molecule has 1 aliphatic carbocycles. The average molecular weight is 243 g/mol. The van der Waals surface area contributed by atoms with E-state index < -0.39 is 0 Å². The highest BCUT2D eigenvalue weighted by atomic mass is 32.2. The monoisotopic (exact) mass is 243 g/mol. The van der Waals surface area contributed by atoms with Crippen LogP contribution in [0, 0.1) is 5.92 Å². The van der Waals surface area contributed by atoms with E-state index in [2.05, 4.69) is 30.9 Å². The van der Waals surface area contributed by atoms with Gasteiger partial charge in [0.25, 0.3) is 0 Å². The highest BCUT2D eigenvalue weighted by Crippen LogP contribution is 2.28. The van der Waals surface area contributed by atoms with Crippen LogP contribution < -0.4 is 5.32 Å². The summed E-state index contributed by atoms with van der Waals surface area (Å²) < 4.78 is 0.